The van der Waals surface area contributed by atoms with Crippen LogP contribution < -0.4 is 10.6 Å². The molecule has 8 nitrogen and oxygen atoms in total. The Hall–Kier alpha value is -2.12. The van der Waals surface area contributed by atoms with Gasteiger partial charge in [-0.15, -0.1) is 0 Å². The normalized spacial score (nSPS) is 17.6. The number of oxime groups is 1. The summed E-state index contributed by atoms with van der Waals surface area (Å²) >= 11 is 0. The Kier molecular flexibility index (Phi) is 5.28. The molecule has 0 aromatic carbocycles. The summed E-state index contributed by atoms with van der Waals surface area (Å²) in [4.78, 5) is 38.2. The molecule has 8 heteroatoms. The molecule has 106 valence electrons. The van der Waals surface area contributed by atoms with Gasteiger partial charge in [0.2, 0.25) is 12.0 Å². The Morgan fingerprint density at radius 3 is 2.63 bits per heavy atom. The average Bonchev–Trinajstić information content (AvgIpc) is 2.83. The van der Waals surface area contributed by atoms with Crippen LogP contribution in [0.25, 0.3) is 0 Å². The lowest BCUT2D eigenvalue weighted by atomic mass is 10.2. The molecule has 0 bridgehead atoms. The van der Waals surface area contributed by atoms with E-state index < -0.39 is 18.0 Å². The fourth-order valence-electron chi connectivity index (χ4n) is 1.31. The topological polar surface area (TPSA) is 117 Å². The fourth-order valence-corrected chi connectivity index (χ4v) is 1.31. The van der Waals surface area contributed by atoms with Crippen LogP contribution in [-0.2, 0) is 19.2 Å². The maximum atomic E-state index is 11.6. The molecule has 0 aromatic heterocycles. The van der Waals surface area contributed by atoms with Crippen molar-refractivity contribution in [1.29, 1.82) is 0 Å². The van der Waals surface area contributed by atoms with Crippen molar-refractivity contribution >= 4 is 23.5 Å². The molecule has 1 aliphatic rings. The molecule has 0 saturated heterocycles. The zero-order valence-corrected chi connectivity index (χ0v) is 10.8. The van der Waals surface area contributed by atoms with Gasteiger partial charge in [0, 0.05) is 13.0 Å². The van der Waals surface area contributed by atoms with Crippen LogP contribution in [0.2, 0.25) is 0 Å². The smallest absolute Gasteiger partial charge is 0.353 e. The maximum Gasteiger partial charge on any atom is 0.353 e. The number of carbonyl (C=O) groups excluding carboxylic acids is 2. The van der Waals surface area contributed by atoms with Crippen LogP contribution in [0.15, 0.2) is 5.16 Å². The number of hydrogen-bond donors (Lipinski definition) is 3. The van der Waals surface area contributed by atoms with Crippen LogP contribution in [0, 0.1) is 5.92 Å². The van der Waals surface area contributed by atoms with E-state index in [2.05, 4.69) is 20.6 Å². The predicted octanol–water partition coefficient (Wildman–Crippen LogP) is -0.896. The Balaban J connectivity index is 2.26. The van der Waals surface area contributed by atoms with Crippen molar-refractivity contribution in [1.82, 2.24) is 10.6 Å². The molecule has 0 saturated carbocycles. The van der Waals surface area contributed by atoms with Crippen molar-refractivity contribution in [2.75, 3.05) is 13.1 Å². The van der Waals surface area contributed by atoms with Gasteiger partial charge in [0.15, 0.2) is 5.71 Å². The lowest BCUT2D eigenvalue weighted by Crippen LogP contribution is -2.42. The van der Waals surface area contributed by atoms with E-state index in [-0.39, 0.29) is 24.6 Å². The van der Waals surface area contributed by atoms with Crippen LogP contribution in [0.5, 0.6) is 0 Å². The average molecular weight is 271 g/mol. The van der Waals surface area contributed by atoms with Gasteiger partial charge in [0.1, 0.15) is 0 Å². The zero-order chi connectivity index (χ0) is 14.4. The van der Waals surface area contributed by atoms with Gasteiger partial charge in [-0.25, -0.2) is 4.79 Å². The van der Waals surface area contributed by atoms with Crippen LogP contribution in [0.1, 0.15) is 20.3 Å². The Morgan fingerprint density at radius 1 is 1.42 bits per heavy atom. The molecule has 2 amide bonds. The van der Waals surface area contributed by atoms with E-state index in [1.165, 1.54) is 0 Å². The standard InChI is InChI=1S/C11H17N3O5/c1-6(2)4-12-9(15)5-13-10(16)8-3-7(11(17)18)14-19-8/h6,8H,3-5H2,1-2H3,(H,12,15)(H,13,16)(H,17,18). The van der Waals surface area contributed by atoms with E-state index in [0.29, 0.717) is 12.5 Å². The number of nitrogens with one attached hydrogen (secondary N) is 2. The van der Waals surface area contributed by atoms with E-state index >= 15 is 0 Å². The predicted molar refractivity (Wildman–Crippen MR) is 65.4 cm³/mol. The van der Waals surface area contributed by atoms with Crippen molar-refractivity contribution < 1.29 is 24.3 Å². The minimum atomic E-state index is -1.22. The highest BCUT2D eigenvalue weighted by atomic mass is 16.6. The number of rotatable bonds is 6. The summed E-state index contributed by atoms with van der Waals surface area (Å²) in [6, 6.07) is 0. The number of carboxylic acids is 1. The molecule has 0 aliphatic carbocycles. The molecule has 3 N–H and O–H groups in total. The summed E-state index contributed by atoms with van der Waals surface area (Å²) < 4.78 is 0. The van der Waals surface area contributed by atoms with Gasteiger partial charge in [-0.05, 0) is 5.92 Å². The van der Waals surface area contributed by atoms with Crippen molar-refractivity contribution in [3.63, 3.8) is 0 Å². The van der Waals surface area contributed by atoms with E-state index in [1.807, 2.05) is 13.8 Å². The van der Waals surface area contributed by atoms with E-state index in [1.54, 1.807) is 0 Å². The highest BCUT2D eigenvalue weighted by molar-refractivity contribution is 6.36. The number of amides is 2. The highest BCUT2D eigenvalue weighted by Gasteiger charge is 2.31. The van der Waals surface area contributed by atoms with Crippen molar-refractivity contribution in [3.05, 3.63) is 0 Å². The number of hydrogen-bond acceptors (Lipinski definition) is 5. The maximum absolute atomic E-state index is 11.6. The summed E-state index contributed by atoms with van der Waals surface area (Å²) in [5, 5.41) is 16.9. The molecular formula is C11H17N3O5. The molecule has 19 heavy (non-hydrogen) atoms. The molecule has 1 atom stereocenters. The molecular weight excluding hydrogens is 254 g/mol. The zero-order valence-electron chi connectivity index (χ0n) is 10.8. The summed E-state index contributed by atoms with van der Waals surface area (Å²) in [7, 11) is 0. The number of carbonyl (C=O) groups is 3. The first kappa shape index (κ1) is 14.9. The number of nitrogens with zero attached hydrogens (tertiary/aromatic N) is 1. The first-order valence-corrected chi connectivity index (χ1v) is 5.90. The number of aliphatic carboxylic acids is 1. The second kappa shape index (κ2) is 6.72. The summed E-state index contributed by atoms with van der Waals surface area (Å²) in [5.41, 5.74) is -0.204. The highest BCUT2D eigenvalue weighted by Crippen LogP contribution is 2.10. The SMILES string of the molecule is CC(C)CNC(=O)CNC(=O)C1CC(C(=O)O)=NO1. The largest absolute Gasteiger partial charge is 0.477 e. The monoisotopic (exact) mass is 271 g/mol. The first-order valence-electron chi connectivity index (χ1n) is 5.90. The van der Waals surface area contributed by atoms with Crippen molar-refractivity contribution in [3.8, 4) is 0 Å². The van der Waals surface area contributed by atoms with Crippen LogP contribution >= 0.6 is 0 Å². The minimum absolute atomic E-state index is 0.102. The van der Waals surface area contributed by atoms with Gasteiger partial charge in [-0.1, -0.05) is 19.0 Å². The lowest BCUT2D eigenvalue weighted by molar-refractivity contribution is -0.133. The summed E-state index contributed by atoms with van der Waals surface area (Å²) in [6.07, 6.45) is -1.08. The lowest BCUT2D eigenvalue weighted by Gasteiger charge is -2.10. The molecule has 1 unspecified atom stereocenters. The Labute approximate surface area is 110 Å². The third-order valence-electron chi connectivity index (χ3n) is 2.34. The molecule has 1 heterocycles. The second-order valence-electron chi connectivity index (χ2n) is 4.56. The van der Waals surface area contributed by atoms with Crippen LogP contribution in [0.3, 0.4) is 0 Å². The van der Waals surface area contributed by atoms with Crippen LogP contribution in [-0.4, -0.2) is 47.8 Å². The minimum Gasteiger partial charge on any atom is -0.477 e. The van der Waals surface area contributed by atoms with Crippen molar-refractivity contribution in [2.45, 2.75) is 26.4 Å². The van der Waals surface area contributed by atoms with E-state index in [0.717, 1.165) is 0 Å². The first-order chi connectivity index (χ1) is 8.90. The van der Waals surface area contributed by atoms with Gasteiger partial charge >= 0.3 is 5.97 Å². The Morgan fingerprint density at radius 2 is 2.11 bits per heavy atom. The molecule has 0 spiro atoms. The molecule has 0 radical (unpaired) electrons. The number of carboxylic acid groups (broad SMARTS) is 1. The van der Waals surface area contributed by atoms with Gasteiger partial charge < -0.3 is 20.6 Å². The quantitative estimate of drug-likeness (QED) is 0.579. The van der Waals surface area contributed by atoms with Gasteiger partial charge in [0.25, 0.3) is 5.91 Å². The third-order valence-corrected chi connectivity index (χ3v) is 2.34. The molecule has 1 aliphatic heterocycles. The molecule has 0 aromatic rings. The van der Waals surface area contributed by atoms with Crippen LogP contribution in [0.4, 0.5) is 0 Å². The van der Waals surface area contributed by atoms with Gasteiger partial charge in [-0.2, -0.15) is 0 Å². The molecule has 1 rings (SSSR count). The van der Waals surface area contributed by atoms with E-state index in [4.69, 9.17) is 5.11 Å². The van der Waals surface area contributed by atoms with Gasteiger partial charge in [-0.3, -0.25) is 9.59 Å². The Bertz CT molecular complexity index is 405. The summed E-state index contributed by atoms with van der Waals surface area (Å²) in [6.45, 7) is 4.26. The summed E-state index contributed by atoms with van der Waals surface area (Å²) in [5.74, 6) is -1.76. The molecule has 0 fully saturated rings. The van der Waals surface area contributed by atoms with E-state index in [9.17, 15) is 14.4 Å². The fraction of sp³-hybridized carbons (Fsp3) is 0.636. The second-order valence-corrected chi connectivity index (χ2v) is 4.56. The van der Waals surface area contributed by atoms with Crippen molar-refractivity contribution in [2.24, 2.45) is 11.1 Å². The third kappa shape index (κ3) is 4.94. The van der Waals surface area contributed by atoms with Gasteiger partial charge in [0.05, 0.1) is 6.54 Å².